The molecule has 7 rings (SSSR count). The summed E-state index contributed by atoms with van der Waals surface area (Å²) in [4.78, 5) is 12.7. The lowest BCUT2D eigenvalue weighted by Gasteiger charge is -2.40. The molecule has 0 saturated heterocycles. The van der Waals surface area contributed by atoms with Gasteiger partial charge in [0.05, 0.1) is 43.0 Å². The highest BCUT2D eigenvalue weighted by Crippen LogP contribution is 2.49. The van der Waals surface area contributed by atoms with Crippen molar-refractivity contribution in [2.75, 3.05) is 24.4 Å². The van der Waals surface area contributed by atoms with E-state index in [-0.39, 0.29) is 6.04 Å². The first-order valence-electron chi connectivity index (χ1n) is 14.2. The molecule has 1 N–H and O–H groups in total. The molecule has 1 atom stereocenters. The van der Waals surface area contributed by atoms with Gasteiger partial charge >= 0.3 is 0 Å². The van der Waals surface area contributed by atoms with Crippen molar-refractivity contribution < 1.29 is 9.47 Å². The van der Waals surface area contributed by atoms with Crippen molar-refractivity contribution in [3.63, 3.8) is 0 Å². The van der Waals surface area contributed by atoms with E-state index in [1.54, 1.807) is 14.2 Å². The summed E-state index contributed by atoms with van der Waals surface area (Å²) < 4.78 is 13.3. The van der Waals surface area contributed by atoms with Crippen LogP contribution in [-0.2, 0) is 0 Å². The number of hydrogen-bond donors (Lipinski definition) is 1. The summed E-state index contributed by atoms with van der Waals surface area (Å²) in [6.45, 7) is 6.24. The second kappa shape index (κ2) is 10.5. The van der Waals surface area contributed by atoms with Crippen LogP contribution in [0, 0.1) is 20.8 Å². The van der Waals surface area contributed by atoms with E-state index in [4.69, 9.17) is 24.6 Å². The highest BCUT2D eigenvalue weighted by molar-refractivity contribution is 6.51. The van der Waals surface area contributed by atoms with E-state index in [1.165, 1.54) is 11.1 Å². The predicted molar refractivity (Wildman–Crippen MR) is 172 cm³/mol. The molecule has 8 heteroatoms. The van der Waals surface area contributed by atoms with E-state index in [0.717, 1.165) is 45.4 Å². The Morgan fingerprint density at radius 1 is 0.744 bits per heavy atom. The van der Waals surface area contributed by atoms with E-state index in [0.29, 0.717) is 23.2 Å². The van der Waals surface area contributed by atoms with Gasteiger partial charge in [-0.1, -0.05) is 42.5 Å². The molecule has 43 heavy (non-hydrogen) atoms. The molecule has 4 aromatic carbocycles. The first-order valence-corrected chi connectivity index (χ1v) is 14.2. The topological polar surface area (TPSA) is 76.3 Å². The van der Waals surface area contributed by atoms with Crippen LogP contribution in [0.3, 0.4) is 0 Å². The van der Waals surface area contributed by atoms with Crippen LogP contribution in [0.15, 0.2) is 101 Å². The van der Waals surface area contributed by atoms with Gasteiger partial charge in [-0.2, -0.15) is 5.10 Å². The lowest BCUT2D eigenvalue weighted by molar-refractivity contribution is 0.354. The highest BCUT2D eigenvalue weighted by atomic mass is 16.5. The molecule has 1 aromatic heterocycles. The van der Waals surface area contributed by atoms with Gasteiger partial charge in [-0.25, -0.2) is 14.7 Å². The Hall–Kier alpha value is -5.37. The molecular weight excluding hydrogens is 536 g/mol. The molecule has 0 aliphatic carbocycles. The number of nitrogens with zero attached hydrogens (tertiary/aromatic N) is 5. The Morgan fingerprint density at radius 3 is 2.21 bits per heavy atom. The van der Waals surface area contributed by atoms with Crippen molar-refractivity contribution in [1.29, 1.82) is 0 Å². The molecule has 2 aliphatic heterocycles. The maximum Gasteiger partial charge on any atom is 0.179 e. The number of aryl methyl sites for hydroxylation is 3. The van der Waals surface area contributed by atoms with Crippen LogP contribution in [-0.4, -0.2) is 35.7 Å². The van der Waals surface area contributed by atoms with Gasteiger partial charge in [0.15, 0.2) is 29.0 Å². The average molecular weight is 569 g/mol. The monoisotopic (exact) mass is 568 g/mol. The standard InChI is InChI=1S/C35H32N6O2/c1-21-17-22(2)19-25(18-21)36-33-35-38-34-31(23(3)39-41(34)26-11-7-6-8-12-26)32(24-15-16-29(42-4)30(20-24)43-5)40(35)28-14-10-9-13-27(28)37-33/h6-20,32H,1-5H3,(H,36,37). The van der Waals surface area contributed by atoms with E-state index >= 15 is 0 Å². The Labute approximate surface area is 251 Å². The quantitative estimate of drug-likeness (QED) is 0.236. The lowest BCUT2D eigenvalue weighted by Crippen LogP contribution is -2.46. The number of benzene rings is 4. The van der Waals surface area contributed by atoms with E-state index in [1.807, 2.05) is 72.3 Å². The van der Waals surface area contributed by atoms with Crippen molar-refractivity contribution >= 4 is 34.6 Å². The van der Waals surface area contributed by atoms with Gasteiger partial charge in [-0.05, 0) is 86.0 Å². The van der Waals surface area contributed by atoms with Gasteiger partial charge in [-0.15, -0.1) is 0 Å². The predicted octanol–water partition coefficient (Wildman–Crippen LogP) is 7.61. The fraction of sp³-hybridized carbons (Fsp3) is 0.171. The Balaban J connectivity index is 1.50. The van der Waals surface area contributed by atoms with Crippen molar-refractivity contribution in [2.24, 2.45) is 9.98 Å². The van der Waals surface area contributed by atoms with E-state index in [2.05, 4.69) is 54.4 Å². The van der Waals surface area contributed by atoms with Crippen LogP contribution < -0.4 is 19.7 Å². The fourth-order valence-corrected chi connectivity index (χ4v) is 6.07. The van der Waals surface area contributed by atoms with Crippen LogP contribution in [0.5, 0.6) is 11.5 Å². The number of aliphatic imine (C=N–C) groups is 2. The highest BCUT2D eigenvalue weighted by Gasteiger charge is 2.41. The maximum atomic E-state index is 5.76. The number of anilines is 2. The molecule has 3 heterocycles. The number of fused-ring (bicyclic) bond motifs is 4. The SMILES string of the molecule is COc1ccc(C2c3c(C)nn(-c4ccccc4)c3N=C3C(Nc4cc(C)cc(C)c4)=Nc4ccccc4N32)cc1OC. The molecule has 0 saturated carbocycles. The van der Waals surface area contributed by atoms with Crippen molar-refractivity contribution in [3.8, 4) is 17.2 Å². The van der Waals surface area contributed by atoms with Gasteiger partial charge in [0.2, 0.25) is 0 Å². The number of amidine groups is 2. The maximum absolute atomic E-state index is 5.76. The number of hydrogen-bond acceptors (Lipinski definition) is 7. The Bertz CT molecular complexity index is 1900. The molecule has 0 amide bonds. The Morgan fingerprint density at radius 2 is 1.47 bits per heavy atom. The summed E-state index contributed by atoms with van der Waals surface area (Å²) in [5.41, 5.74) is 8.99. The molecule has 0 radical (unpaired) electrons. The fourth-order valence-electron chi connectivity index (χ4n) is 6.07. The van der Waals surface area contributed by atoms with Crippen molar-refractivity contribution in [3.05, 3.63) is 119 Å². The number of rotatable bonds is 5. The van der Waals surface area contributed by atoms with Crippen LogP contribution in [0.4, 0.5) is 22.9 Å². The minimum Gasteiger partial charge on any atom is -0.493 e. The molecule has 0 spiro atoms. The molecule has 5 aromatic rings. The summed E-state index contributed by atoms with van der Waals surface area (Å²) in [5.74, 6) is 3.47. The Kier molecular flexibility index (Phi) is 6.46. The van der Waals surface area contributed by atoms with Crippen LogP contribution >= 0.6 is 0 Å². The third kappa shape index (κ3) is 4.52. The molecular formula is C35H32N6O2. The molecule has 1 unspecified atom stereocenters. The summed E-state index contributed by atoms with van der Waals surface area (Å²) in [6, 6.07) is 30.5. The minimum atomic E-state index is -0.271. The zero-order chi connectivity index (χ0) is 29.7. The van der Waals surface area contributed by atoms with Crippen LogP contribution in [0.25, 0.3) is 5.69 Å². The second-order valence-electron chi connectivity index (χ2n) is 10.8. The van der Waals surface area contributed by atoms with E-state index < -0.39 is 0 Å². The largest absolute Gasteiger partial charge is 0.493 e. The molecule has 214 valence electrons. The lowest BCUT2D eigenvalue weighted by atomic mass is 9.93. The first kappa shape index (κ1) is 26.5. The normalized spacial score (nSPS) is 15.1. The smallest absolute Gasteiger partial charge is 0.179 e. The first-order chi connectivity index (χ1) is 20.9. The van der Waals surface area contributed by atoms with Crippen molar-refractivity contribution in [1.82, 2.24) is 9.78 Å². The second-order valence-corrected chi connectivity index (χ2v) is 10.8. The number of para-hydroxylation sites is 3. The minimum absolute atomic E-state index is 0.271. The van der Waals surface area contributed by atoms with Gasteiger partial charge in [0, 0.05) is 11.3 Å². The molecule has 0 fully saturated rings. The molecule has 8 nitrogen and oxygen atoms in total. The number of nitrogens with one attached hydrogen (secondary N) is 1. The third-order valence-electron chi connectivity index (χ3n) is 7.85. The summed E-state index contributed by atoms with van der Waals surface area (Å²) in [6.07, 6.45) is 0. The van der Waals surface area contributed by atoms with Gasteiger partial charge < -0.3 is 19.7 Å². The zero-order valence-corrected chi connectivity index (χ0v) is 24.8. The number of aromatic nitrogens is 2. The zero-order valence-electron chi connectivity index (χ0n) is 24.8. The van der Waals surface area contributed by atoms with Gasteiger partial charge in [-0.3, -0.25) is 0 Å². The van der Waals surface area contributed by atoms with Crippen LogP contribution in [0.2, 0.25) is 0 Å². The van der Waals surface area contributed by atoms with Gasteiger partial charge in [0.25, 0.3) is 0 Å². The van der Waals surface area contributed by atoms with Gasteiger partial charge in [0.1, 0.15) is 0 Å². The summed E-state index contributed by atoms with van der Waals surface area (Å²) in [5, 5.41) is 8.64. The number of ether oxygens (including phenoxy) is 2. The summed E-state index contributed by atoms with van der Waals surface area (Å²) >= 11 is 0. The van der Waals surface area contributed by atoms with Crippen molar-refractivity contribution in [2.45, 2.75) is 26.8 Å². The van der Waals surface area contributed by atoms with Crippen LogP contribution in [0.1, 0.15) is 34.0 Å². The third-order valence-corrected chi connectivity index (χ3v) is 7.85. The molecule has 0 bridgehead atoms. The summed E-state index contributed by atoms with van der Waals surface area (Å²) in [7, 11) is 3.31. The number of methoxy groups -OCH3 is 2. The average Bonchev–Trinajstić information content (AvgIpc) is 3.35. The van der Waals surface area contributed by atoms with E-state index in [9.17, 15) is 0 Å². The molecule has 2 aliphatic rings.